The summed E-state index contributed by atoms with van der Waals surface area (Å²) in [7, 11) is 4.85. The minimum Gasteiger partial charge on any atom is -0.497 e. The molecule has 162 valence electrons. The summed E-state index contributed by atoms with van der Waals surface area (Å²) in [5, 5.41) is 4.87. The fraction of sp³-hybridized carbons (Fsp3) is 0.455. The van der Waals surface area contributed by atoms with Crippen molar-refractivity contribution < 1.29 is 23.8 Å². The lowest BCUT2D eigenvalue weighted by atomic mass is 9.87. The molecule has 3 rings (SSSR count). The van der Waals surface area contributed by atoms with E-state index in [0.29, 0.717) is 42.6 Å². The van der Waals surface area contributed by atoms with E-state index in [0.717, 1.165) is 12.0 Å². The summed E-state index contributed by atoms with van der Waals surface area (Å²) in [6.07, 6.45) is 0.736. The molecule has 1 aliphatic rings. The van der Waals surface area contributed by atoms with Crippen LogP contribution in [0.1, 0.15) is 27.6 Å². The SMILES string of the molecule is COCCCNC(=O)[C@@H]1CN(C(=O)c2cccs2)C[C@H]1c1cc(OC)ccc1OC. The molecule has 2 heterocycles. The average Bonchev–Trinajstić information content (AvgIpc) is 3.46. The molecule has 2 aromatic rings. The van der Waals surface area contributed by atoms with Crippen molar-refractivity contribution in [3.05, 3.63) is 46.2 Å². The smallest absolute Gasteiger partial charge is 0.263 e. The fourth-order valence-corrected chi connectivity index (χ4v) is 4.49. The molecule has 0 radical (unpaired) electrons. The Morgan fingerprint density at radius 3 is 2.67 bits per heavy atom. The van der Waals surface area contributed by atoms with E-state index in [-0.39, 0.29) is 23.7 Å². The van der Waals surface area contributed by atoms with Crippen molar-refractivity contribution >= 4 is 23.2 Å². The van der Waals surface area contributed by atoms with Gasteiger partial charge >= 0.3 is 0 Å². The van der Waals surface area contributed by atoms with E-state index < -0.39 is 0 Å². The summed E-state index contributed by atoms with van der Waals surface area (Å²) in [5.41, 5.74) is 0.871. The van der Waals surface area contributed by atoms with Crippen LogP contribution in [0.4, 0.5) is 0 Å². The van der Waals surface area contributed by atoms with Crippen molar-refractivity contribution in [2.75, 3.05) is 47.6 Å². The van der Waals surface area contributed by atoms with Crippen molar-refractivity contribution in [1.82, 2.24) is 10.2 Å². The highest BCUT2D eigenvalue weighted by Gasteiger charge is 2.42. The summed E-state index contributed by atoms with van der Waals surface area (Å²) in [6, 6.07) is 9.23. The van der Waals surface area contributed by atoms with Crippen molar-refractivity contribution in [2.45, 2.75) is 12.3 Å². The molecule has 1 aromatic carbocycles. The molecular weight excluding hydrogens is 404 g/mol. The number of methoxy groups -OCH3 is 3. The van der Waals surface area contributed by atoms with Crippen LogP contribution < -0.4 is 14.8 Å². The van der Waals surface area contributed by atoms with Crippen LogP contribution in [0.25, 0.3) is 0 Å². The first kappa shape index (κ1) is 22.1. The maximum Gasteiger partial charge on any atom is 0.263 e. The van der Waals surface area contributed by atoms with Gasteiger partial charge in [-0.1, -0.05) is 6.07 Å². The second-order valence-electron chi connectivity index (χ2n) is 7.15. The number of amides is 2. The van der Waals surface area contributed by atoms with Crippen LogP contribution in [0.2, 0.25) is 0 Å². The Balaban J connectivity index is 1.87. The number of thiophene rings is 1. The molecule has 8 heteroatoms. The van der Waals surface area contributed by atoms with Crippen LogP contribution in [-0.4, -0.2) is 64.3 Å². The van der Waals surface area contributed by atoms with Crippen LogP contribution in [0.5, 0.6) is 11.5 Å². The number of hydrogen-bond acceptors (Lipinski definition) is 6. The van der Waals surface area contributed by atoms with E-state index in [1.54, 1.807) is 26.2 Å². The van der Waals surface area contributed by atoms with Crippen LogP contribution >= 0.6 is 11.3 Å². The second-order valence-corrected chi connectivity index (χ2v) is 8.09. The average molecular weight is 433 g/mol. The highest BCUT2D eigenvalue weighted by molar-refractivity contribution is 7.12. The number of benzene rings is 1. The molecule has 0 bridgehead atoms. The standard InChI is InChI=1S/C22H28N2O5S/c1-27-10-5-9-23-21(25)18-14-24(22(26)20-6-4-11-30-20)13-17(18)16-12-15(28-2)7-8-19(16)29-3/h4,6-8,11-12,17-18H,5,9-10,13-14H2,1-3H3,(H,23,25)/t17-,18+/m0/s1. The number of rotatable bonds is 9. The molecule has 1 aliphatic heterocycles. The number of likely N-dealkylation sites (tertiary alicyclic amines) is 1. The molecular formula is C22H28N2O5S. The predicted molar refractivity (Wildman–Crippen MR) is 116 cm³/mol. The Morgan fingerprint density at radius 1 is 1.17 bits per heavy atom. The van der Waals surface area contributed by atoms with E-state index in [1.807, 2.05) is 35.7 Å². The molecule has 2 atom stereocenters. The Morgan fingerprint density at radius 2 is 2.00 bits per heavy atom. The zero-order chi connectivity index (χ0) is 21.5. The molecule has 7 nitrogen and oxygen atoms in total. The largest absolute Gasteiger partial charge is 0.497 e. The second kappa shape index (κ2) is 10.4. The zero-order valence-corrected chi connectivity index (χ0v) is 18.4. The first-order chi connectivity index (χ1) is 14.6. The molecule has 1 aromatic heterocycles. The summed E-state index contributed by atoms with van der Waals surface area (Å²) in [6.45, 7) is 1.92. The number of ether oxygens (including phenoxy) is 3. The monoisotopic (exact) mass is 432 g/mol. The van der Waals surface area contributed by atoms with Gasteiger partial charge in [-0.05, 0) is 36.1 Å². The lowest BCUT2D eigenvalue weighted by Gasteiger charge is -2.21. The highest BCUT2D eigenvalue weighted by atomic mass is 32.1. The Bertz CT molecular complexity index is 855. The number of carbonyl (C=O) groups is 2. The zero-order valence-electron chi connectivity index (χ0n) is 17.6. The van der Waals surface area contributed by atoms with Gasteiger partial charge in [-0.3, -0.25) is 9.59 Å². The number of carbonyl (C=O) groups excluding carboxylic acids is 2. The molecule has 1 fully saturated rings. The van der Waals surface area contributed by atoms with Crippen molar-refractivity contribution in [3.63, 3.8) is 0 Å². The molecule has 1 saturated heterocycles. The third-order valence-corrected chi connectivity index (χ3v) is 6.19. The number of hydrogen-bond donors (Lipinski definition) is 1. The van der Waals surface area contributed by atoms with E-state index in [1.165, 1.54) is 11.3 Å². The van der Waals surface area contributed by atoms with E-state index in [4.69, 9.17) is 14.2 Å². The van der Waals surface area contributed by atoms with Gasteiger partial charge in [-0.2, -0.15) is 0 Å². The summed E-state index contributed by atoms with van der Waals surface area (Å²) < 4.78 is 16.0. The predicted octanol–water partition coefficient (Wildman–Crippen LogP) is 2.77. The molecule has 0 saturated carbocycles. The van der Waals surface area contributed by atoms with Gasteiger partial charge in [-0.15, -0.1) is 11.3 Å². The lowest BCUT2D eigenvalue weighted by Crippen LogP contribution is -2.36. The van der Waals surface area contributed by atoms with Crippen LogP contribution in [-0.2, 0) is 9.53 Å². The molecule has 30 heavy (non-hydrogen) atoms. The van der Waals surface area contributed by atoms with Gasteiger partial charge in [-0.25, -0.2) is 0 Å². The van der Waals surface area contributed by atoms with Gasteiger partial charge in [0.2, 0.25) is 5.91 Å². The molecule has 1 N–H and O–H groups in total. The van der Waals surface area contributed by atoms with Crippen LogP contribution in [0.3, 0.4) is 0 Å². The van der Waals surface area contributed by atoms with E-state index >= 15 is 0 Å². The van der Waals surface area contributed by atoms with Gasteiger partial charge in [0.15, 0.2) is 0 Å². The Hall–Kier alpha value is -2.58. The fourth-order valence-electron chi connectivity index (χ4n) is 3.79. The van der Waals surface area contributed by atoms with Crippen molar-refractivity contribution in [1.29, 1.82) is 0 Å². The summed E-state index contributed by atoms with van der Waals surface area (Å²) in [5.74, 6) is 0.685. The van der Waals surface area contributed by atoms with Gasteiger partial charge in [0.1, 0.15) is 11.5 Å². The summed E-state index contributed by atoms with van der Waals surface area (Å²) >= 11 is 1.41. The lowest BCUT2D eigenvalue weighted by molar-refractivity contribution is -0.125. The van der Waals surface area contributed by atoms with Gasteiger partial charge < -0.3 is 24.4 Å². The molecule has 0 aliphatic carbocycles. The third kappa shape index (κ3) is 4.94. The Kier molecular flexibility index (Phi) is 7.70. The first-order valence-electron chi connectivity index (χ1n) is 9.90. The quantitative estimate of drug-likeness (QED) is 0.617. The van der Waals surface area contributed by atoms with E-state index in [9.17, 15) is 9.59 Å². The van der Waals surface area contributed by atoms with E-state index in [2.05, 4.69) is 5.32 Å². The normalized spacial score (nSPS) is 18.3. The topological polar surface area (TPSA) is 77.1 Å². The Labute approximate surface area is 180 Å². The highest BCUT2D eigenvalue weighted by Crippen LogP contribution is 2.40. The minimum absolute atomic E-state index is 0.0495. The molecule has 2 amide bonds. The summed E-state index contributed by atoms with van der Waals surface area (Å²) in [4.78, 5) is 28.4. The number of nitrogens with one attached hydrogen (secondary N) is 1. The number of nitrogens with zero attached hydrogens (tertiary/aromatic N) is 1. The minimum atomic E-state index is -0.377. The molecule has 0 unspecified atom stereocenters. The maximum atomic E-state index is 13.0. The third-order valence-electron chi connectivity index (χ3n) is 5.34. The van der Waals surface area contributed by atoms with Gasteiger partial charge in [0.05, 0.1) is 25.0 Å². The maximum absolute atomic E-state index is 13.0. The van der Waals surface area contributed by atoms with Gasteiger partial charge in [0, 0.05) is 44.8 Å². The van der Waals surface area contributed by atoms with Crippen molar-refractivity contribution in [3.8, 4) is 11.5 Å². The van der Waals surface area contributed by atoms with Crippen molar-refractivity contribution in [2.24, 2.45) is 5.92 Å². The van der Waals surface area contributed by atoms with Crippen LogP contribution in [0, 0.1) is 5.92 Å². The molecule has 0 spiro atoms. The first-order valence-corrected chi connectivity index (χ1v) is 10.8. The van der Waals surface area contributed by atoms with Crippen LogP contribution in [0.15, 0.2) is 35.7 Å². The van der Waals surface area contributed by atoms with Gasteiger partial charge in [0.25, 0.3) is 5.91 Å².